The summed E-state index contributed by atoms with van der Waals surface area (Å²) in [6, 6.07) is 24.0. The number of para-hydroxylation sites is 3. The lowest BCUT2D eigenvalue weighted by Gasteiger charge is -2.22. The summed E-state index contributed by atoms with van der Waals surface area (Å²) in [7, 11) is 0. The first-order chi connectivity index (χ1) is 16.8. The molecule has 0 spiro atoms. The van der Waals surface area contributed by atoms with Crippen LogP contribution in [0.1, 0.15) is 0 Å². The van der Waals surface area contributed by atoms with Gasteiger partial charge in [0.25, 0.3) is 0 Å². The van der Waals surface area contributed by atoms with Gasteiger partial charge in [0.2, 0.25) is 0 Å². The molecule has 0 aliphatic rings. The topological polar surface area (TPSA) is 95.4 Å². The quantitative estimate of drug-likeness (QED) is 0.297. The second-order valence-corrected chi connectivity index (χ2v) is 9.02. The molecule has 3 aromatic carbocycles. The molecule has 11 heteroatoms. The monoisotopic (exact) mass is 470 g/mol. The Morgan fingerprint density at radius 3 is 1.56 bits per heavy atom. The summed E-state index contributed by atoms with van der Waals surface area (Å²) in [4.78, 5) is 2.30. The molecular weight excluding hydrogens is 448 g/mol. The van der Waals surface area contributed by atoms with Crippen LogP contribution in [0.3, 0.4) is 0 Å². The molecule has 34 heavy (non-hydrogen) atoms. The van der Waals surface area contributed by atoms with Crippen LogP contribution in [0.2, 0.25) is 0 Å². The number of hydrogen-bond donors (Lipinski definition) is 0. The van der Waals surface area contributed by atoms with Gasteiger partial charge in [0.15, 0.2) is 0 Å². The van der Waals surface area contributed by atoms with Crippen LogP contribution in [0, 0.1) is 0 Å². The predicted molar refractivity (Wildman–Crippen MR) is 132 cm³/mol. The van der Waals surface area contributed by atoms with Gasteiger partial charge in [-0.1, -0.05) is 52.0 Å². The van der Waals surface area contributed by atoms with Gasteiger partial charge in [-0.15, -0.1) is 27.1 Å². The number of hydrogen-bond acceptors (Lipinski definition) is 8. The van der Waals surface area contributed by atoms with E-state index in [4.69, 9.17) is 0 Å². The fourth-order valence-corrected chi connectivity index (χ4v) is 4.85. The average Bonchev–Trinajstić information content (AvgIpc) is 3.60. The molecule has 6 aromatic rings. The molecular formula is C23H22N10S. The van der Waals surface area contributed by atoms with Crippen molar-refractivity contribution in [3.8, 4) is 0 Å². The second kappa shape index (κ2) is 9.20. The van der Waals surface area contributed by atoms with E-state index in [-0.39, 0.29) is 0 Å². The molecule has 6 rings (SSSR count). The number of rotatable bonds is 9. The molecule has 3 heterocycles. The molecule has 0 fully saturated rings. The van der Waals surface area contributed by atoms with Gasteiger partial charge in [-0.05, 0) is 36.4 Å². The third-order valence-corrected chi connectivity index (χ3v) is 6.59. The molecule has 0 unspecified atom stereocenters. The first kappa shape index (κ1) is 20.8. The minimum Gasteiger partial charge on any atom is -0.264 e. The lowest BCUT2D eigenvalue weighted by Crippen LogP contribution is -2.32. The molecule has 0 radical (unpaired) electrons. The van der Waals surface area contributed by atoms with Crippen molar-refractivity contribution in [1.29, 1.82) is 0 Å². The lowest BCUT2D eigenvalue weighted by atomic mass is 10.3. The van der Waals surface area contributed by atoms with E-state index in [1.165, 1.54) is 0 Å². The minimum atomic E-state index is 0.599. The zero-order valence-electron chi connectivity index (χ0n) is 18.3. The molecule has 0 aliphatic heterocycles. The van der Waals surface area contributed by atoms with Gasteiger partial charge in [0, 0.05) is 12.3 Å². The van der Waals surface area contributed by atoms with E-state index in [0.717, 1.165) is 51.3 Å². The van der Waals surface area contributed by atoms with Crippen LogP contribution >= 0.6 is 11.8 Å². The van der Waals surface area contributed by atoms with Crippen molar-refractivity contribution in [2.45, 2.75) is 19.2 Å². The largest absolute Gasteiger partial charge is 0.264 e. The van der Waals surface area contributed by atoms with Gasteiger partial charge in [-0.25, -0.2) is 14.0 Å². The lowest BCUT2D eigenvalue weighted by molar-refractivity contribution is 0.166. The zero-order chi connectivity index (χ0) is 22.7. The predicted octanol–water partition coefficient (Wildman–Crippen LogP) is 3.23. The van der Waals surface area contributed by atoms with Crippen molar-refractivity contribution >= 4 is 44.9 Å². The summed E-state index contributed by atoms with van der Waals surface area (Å²) < 4.78 is 5.81. The zero-order valence-corrected chi connectivity index (χ0v) is 19.2. The minimum absolute atomic E-state index is 0.599. The van der Waals surface area contributed by atoms with Crippen LogP contribution < -0.4 is 0 Å². The van der Waals surface area contributed by atoms with E-state index in [1.54, 1.807) is 0 Å². The maximum absolute atomic E-state index is 4.38. The third-order valence-electron chi connectivity index (χ3n) is 5.69. The standard InChI is InChI=1S/C23H22N10S/c1-4-10-21-18(7-1)24-27-31(21)15-30(16-32-22-11-5-2-8-19(22)25-28-32)13-14-34-17-33-23-12-6-3-9-20(23)26-29-33/h1-12H,13-17H2. The summed E-state index contributed by atoms with van der Waals surface area (Å²) in [5.41, 5.74) is 5.77. The van der Waals surface area contributed by atoms with Crippen LogP contribution in [-0.4, -0.2) is 62.2 Å². The van der Waals surface area contributed by atoms with E-state index in [1.807, 2.05) is 98.6 Å². The Balaban J connectivity index is 1.18. The SMILES string of the molecule is c1ccc2c(c1)nnn2CSCCN(Cn1nnc2ccccc21)Cn1nnc2ccccc21. The molecule has 0 saturated carbocycles. The second-order valence-electron chi connectivity index (χ2n) is 7.95. The Kier molecular flexibility index (Phi) is 5.61. The Morgan fingerprint density at radius 1 is 0.588 bits per heavy atom. The fourth-order valence-electron chi connectivity index (χ4n) is 3.97. The van der Waals surface area contributed by atoms with Crippen LogP contribution in [0.15, 0.2) is 72.8 Å². The van der Waals surface area contributed by atoms with Crippen LogP contribution in [0.5, 0.6) is 0 Å². The molecule has 3 aromatic heterocycles. The third kappa shape index (κ3) is 4.11. The van der Waals surface area contributed by atoms with E-state index in [0.29, 0.717) is 13.3 Å². The van der Waals surface area contributed by atoms with Crippen LogP contribution in [-0.2, 0) is 19.2 Å². The number of thioether (sulfide) groups is 1. The van der Waals surface area contributed by atoms with Gasteiger partial charge < -0.3 is 0 Å². The summed E-state index contributed by atoms with van der Waals surface area (Å²) in [6.07, 6.45) is 0. The highest BCUT2D eigenvalue weighted by atomic mass is 32.2. The first-order valence-electron chi connectivity index (χ1n) is 11.0. The summed E-state index contributed by atoms with van der Waals surface area (Å²) in [5, 5.41) is 25.9. The number of aromatic nitrogens is 9. The van der Waals surface area contributed by atoms with E-state index in [2.05, 4.69) is 35.8 Å². The van der Waals surface area contributed by atoms with Gasteiger partial charge in [0.05, 0.1) is 35.8 Å². The maximum atomic E-state index is 4.38. The molecule has 0 amide bonds. The smallest absolute Gasteiger partial charge is 0.113 e. The number of fused-ring (bicyclic) bond motifs is 3. The fraction of sp³-hybridized carbons (Fsp3) is 0.217. The Hall–Kier alpha value is -3.83. The number of benzene rings is 3. The highest BCUT2D eigenvalue weighted by molar-refractivity contribution is 7.98. The molecule has 0 bridgehead atoms. The van der Waals surface area contributed by atoms with Gasteiger partial charge >= 0.3 is 0 Å². The van der Waals surface area contributed by atoms with E-state index in [9.17, 15) is 0 Å². The van der Waals surface area contributed by atoms with Crippen molar-refractivity contribution in [3.05, 3.63) is 72.8 Å². The highest BCUT2D eigenvalue weighted by Crippen LogP contribution is 2.16. The van der Waals surface area contributed by atoms with Gasteiger partial charge in [-0.2, -0.15) is 0 Å². The molecule has 170 valence electrons. The normalized spacial score (nSPS) is 11.9. The molecule has 0 aliphatic carbocycles. The highest BCUT2D eigenvalue weighted by Gasteiger charge is 2.13. The Morgan fingerprint density at radius 2 is 1.03 bits per heavy atom. The first-order valence-corrected chi connectivity index (χ1v) is 12.2. The summed E-state index contributed by atoms with van der Waals surface area (Å²) >= 11 is 1.81. The van der Waals surface area contributed by atoms with E-state index < -0.39 is 0 Å². The van der Waals surface area contributed by atoms with Crippen molar-refractivity contribution in [1.82, 2.24) is 49.9 Å². The molecule has 0 saturated heterocycles. The summed E-state index contributed by atoms with van der Waals surface area (Å²) in [6.45, 7) is 2.03. The van der Waals surface area contributed by atoms with Crippen molar-refractivity contribution in [3.63, 3.8) is 0 Å². The van der Waals surface area contributed by atoms with Gasteiger partial charge in [-0.3, -0.25) is 4.90 Å². The van der Waals surface area contributed by atoms with Crippen molar-refractivity contribution in [2.75, 3.05) is 12.3 Å². The number of nitrogens with zero attached hydrogens (tertiary/aromatic N) is 10. The molecule has 0 N–H and O–H groups in total. The molecule has 0 atom stereocenters. The van der Waals surface area contributed by atoms with E-state index >= 15 is 0 Å². The van der Waals surface area contributed by atoms with Gasteiger partial charge in [0.1, 0.15) is 16.6 Å². The Bertz CT molecular complexity index is 1480. The average molecular weight is 471 g/mol. The van der Waals surface area contributed by atoms with Crippen LogP contribution in [0.25, 0.3) is 33.1 Å². The summed E-state index contributed by atoms with van der Waals surface area (Å²) in [5.74, 6) is 1.65. The van der Waals surface area contributed by atoms with Crippen molar-refractivity contribution < 1.29 is 0 Å². The molecule has 10 nitrogen and oxygen atoms in total. The van der Waals surface area contributed by atoms with Crippen molar-refractivity contribution in [2.24, 2.45) is 0 Å². The van der Waals surface area contributed by atoms with Crippen LogP contribution in [0.4, 0.5) is 0 Å². The maximum Gasteiger partial charge on any atom is 0.113 e. The Labute approximate surface area is 199 Å².